The summed E-state index contributed by atoms with van der Waals surface area (Å²) >= 11 is 3.60. The number of rotatable bonds is 3. The maximum Gasteiger partial charge on any atom is 0.282 e. The summed E-state index contributed by atoms with van der Waals surface area (Å²) in [5.41, 5.74) is 4.17. The molecule has 0 aliphatic carbocycles. The molecular weight excluding hydrogens is 400 g/mol. The van der Waals surface area contributed by atoms with Crippen LogP contribution in [0, 0.1) is 6.92 Å². The van der Waals surface area contributed by atoms with Crippen molar-refractivity contribution in [3.8, 4) is 0 Å². The van der Waals surface area contributed by atoms with Gasteiger partial charge in [0.15, 0.2) is 0 Å². The van der Waals surface area contributed by atoms with Crippen molar-refractivity contribution in [3.05, 3.63) is 106 Å². The lowest BCUT2D eigenvalue weighted by molar-refractivity contribution is -0.113. The number of benzene rings is 3. The van der Waals surface area contributed by atoms with E-state index in [4.69, 9.17) is 0 Å². The molecule has 0 N–H and O–H groups in total. The monoisotopic (exact) mass is 416 g/mol. The quantitative estimate of drug-likeness (QED) is 0.512. The molecule has 27 heavy (non-hydrogen) atoms. The molecule has 3 aromatic carbocycles. The standard InChI is InChI=1S/C23H17BrN2O/c1-16-12-13-21(19(24)14-16)26-22(18-10-6-3-7-11-18)25-20(23(26)27)15-17-8-4-2-5-9-17/h2-15H,1H3. The Bertz CT molecular complexity index is 1060. The average Bonchev–Trinajstić information content (AvgIpc) is 3.00. The van der Waals surface area contributed by atoms with Gasteiger partial charge in [-0.2, -0.15) is 0 Å². The molecule has 0 unspecified atom stereocenters. The van der Waals surface area contributed by atoms with E-state index in [1.54, 1.807) is 4.90 Å². The molecule has 0 spiro atoms. The van der Waals surface area contributed by atoms with Crippen molar-refractivity contribution in [3.63, 3.8) is 0 Å². The van der Waals surface area contributed by atoms with Gasteiger partial charge in [0.05, 0.1) is 5.69 Å². The summed E-state index contributed by atoms with van der Waals surface area (Å²) in [5.74, 6) is 0.495. The van der Waals surface area contributed by atoms with E-state index >= 15 is 0 Å². The Labute approximate surface area is 166 Å². The molecule has 3 aromatic rings. The maximum absolute atomic E-state index is 13.3. The van der Waals surface area contributed by atoms with Crippen LogP contribution < -0.4 is 4.90 Å². The van der Waals surface area contributed by atoms with E-state index in [-0.39, 0.29) is 5.91 Å². The number of carbonyl (C=O) groups is 1. The van der Waals surface area contributed by atoms with E-state index in [9.17, 15) is 4.79 Å². The zero-order valence-electron chi connectivity index (χ0n) is 14.8. The van der Waals surface area contributed by atoms with Gasteiger partial charge in [-0.3, -0.25) is 9.69 Å². The van der Waals surface area contributed by atoms with Crippen LogP contribution in [-0.2, 0) is 4.79 Å². The van der Waals surface area contributed by atoms with E-state index in [0.717, 1.165) is 26.9 Å². The van der Waals surface area contributed by atoms with Gasteiger partial charge in [-0.1, -0.05) is 66.7 Å². The zero-order valence-corrected chi connectivity index (χ0v) is 16.3. The van der Waals surface area contributed by atoms with Gasteiger partial charge >= 0.3 is 0 Å². The number of hydrogen-bond donors (Lipinski definition) is 0. The molecular formula is C23H17BrN2O. The first-order chi connectivity index (χ1) is 13.1. The Morgan fingerprint density at radius 3 is 2.26 bits per heavy atom. The molecule has 0 atom stereocenters. The molecule has 4 heteroatoms. The summed E-state index contributed by atoms with van der Waals surface area (Å²) in [6.45, 7) is 2.02. The molecule has 132 valence electrons. The van der Waals surface area contributed by atoms with Crippen LogP contribution in [0.25, 0.3) is 6.08 Å². The second kappa shape index (κ2) is 7.33. The molecule has 0 bridgehead atoms. The average molecular weight is 417 g/mol. The first-order valence-corrected chi connectivity index (χ1v) is 9.44. The topological polar surface area (TPSA) is 32.7 Å². The van der Waals surface area contributed by atoms with Gasteiger partial charge in [0.1, 0.15) is 11.5 Å². The third-order valence-electron chi connectivity index (χ3n) is 4.34. The van der Waals surface area contributed by atoms with Crippen LogP contribution in [0.4, 0.5) is 5.69 Å². The van der Waals surface area contributed by atoms with E-state index in [0.29, 0.717) is 11.5 Å². The second-order valence-corrected chi connectivity index (χ2v) is 7.19. The summed E-state index contributed by atoms with van der Waals surface area (Å²) in [6.07, 6.45) is 1.83. The van der Waals surface area contributed by atoms with Crippen LogP contribution in [0.15, 0.2) is 94.0 Å². The predicted molar refractivity (Wildman–Crippen MR) is 114 cm³/mol. The third-order valence-corrected chi connectivity index (χ3v) is 4.97. The van der Waals surface area contributed by atoms with Gasteiger partial charge in [-0.15, -0.1) is 0 Å². The van der Waals surface area contributed by atoms with Crippen molar-refractivity contribution in [1.29, 1.82) is 0 Å². The molecule has 0 aromatic heterocycles. The number of nitrogens with zero attached hydrogens (tertiary/aromatic N) is 2. The van der Waals surface area contributed by atoms with Crippen molar-refractivity contribution < 1.29 is 4.79 Å². The SMILES string of the molecule is Cc1ccc(N2C(=O)C(=Cc3ccccc3)N=C2c2ccccc2)c(Br)c1. The number of amides is 1. The van der Waals surface area contributed by atoms with Crippen LogP contribution in [0.2, 0.25) is 0 Å². The van der Waals surface area contributed by atoms with Gasteiger partial charge in [-0.05, 0) is 52.2 Å². The highest BCUT2D eigenvalue weighted by atomic mass is 79.9. The van der Waals surface area contributed by atoms with E-state index < -0.39 is 0 Å². The van der Waals surface area contributed by atoms with Gasteiger partial charge in [0, 0.05) is 10.0 Å². The fraction of sp³-hybridized carbons (Fsp3) is 0.0435. The van der Waals surface area contributed by atoms with Crippen LogP contribution in [0.5, 0.6) is 0 Å². The van der Waals surface area contributed by atoms with E-state index in [1.807, 2.05) is 91.9 Å². The van der Waals surface area contributed by atoms with Gasteiger partial charge in [-0.25, -0.2) is 4.99 Å². The molecule has 0 radical (unpaired) electrons. The highest BCUT2D eigenvalue weighted by Gasteiger charge is 2.33. The number of anilines is 1. The smallest absolute Gasteiger partial charge is 0.266 e. The highest BCUT2D eigenvalue weighted by molar-refractivity contribution is 9.10. The van der Waals surface area contributed by atoms with Crippen molar-refractivity contribution in [2.45, 2.75) is 6.92 Å². The number of hydrogen-bond acceptors (Lipinski definition) is 2. The number of halogens is 1. The molecule has 1 aliphatic heterocycles. The molecule has 1 aliphatic rings. The lowest BCUT2D eigenvalue weighted by Gasteiger charge is -2.20. The van der Waals surface area contributed by atoms with Crippen LogP contribution >= 0.6 is 15.9 Å². The fourth-order valence-corrected chi connectivity index (χ4v) is 3.69. The van der Waals surface area contributed by atoms with Gasteiger partial charge in [0.25, 0.3) is 5.91 Å². The lowest BCUT2D eigenvalue weighted by Crippen LogP contribution is -2.33. The summed E-state index contributed by atoms with van der Waals surface area (Å²) in [7, 11) is 0. The summed E-state index contributed by atoms with van der Waals surface area (Å²) in [6, 6.07) is 25.5. The van der Waals surface area contributed by atoms with Crippen LogP contribution in [-0.4, -0.2) is 11.7 Å². The Hall–Kier alpha value is -2.98. The molecule has 0 saturated heterocycles. The molecule has 1 heterocycles. The second-order valence-electron chi connectivity index (χ2n) is 6.34. The number of carbonyl (C=O) groups excluding carboxylic acids is 1. The molecule has 3 nitrogen and oxygen atoms in total. The Kier molecular flexibility index (Phi) is 4.73. The number of aliphatic imine (C=N–C) groups is 1. The van der Waals surface area contributed by atoms with Crippen molar-refractivity contribution >= 4 is 39.4 Å². The molecule has 1 amide bonds. The van der Waals surface area contributed by atoms with Crippen molar-refractivity contribution in [1.82, 2.24) is 0 Å². The summed E-state index contributed by atoms with van der Waals surface area (Å²) in [5, 5.41) is 0. The predicted octanol–water partition coefficient (Wildman–Crippen LogP) is 5.59. The highest BCUT2D eigenvalue weighted by Crippen LogP contribution is 2.33. The Balaban J connectivity index is 1.85. The maximum atomic E-state index is 13.3. The number of amidine groups is 1. The molecule has 4 rings (SSSR count). The third kappa shape index (κ3) is 3.49. The minimum absolute atomic E-state index is 0.137. The largest absolute Gasteiger partial charge is 0.282 e. The minimum Gasteiger partial charge on any atom is -0.266 e. The van der Waals surface area contributed by atoms with Crippen molar-refractivity contribution in [2.24, 2.45) is 4.99 Å². The molecule has 0 saturated carbocycles. The van der Waals surface area contributed by atoms with Crippen LogP contribution in [0.3, 0.4) is 0 Å². The Morgan fingerprint density at radius 1 is 0.926 bits per heavy atom. The van der Waals surface area contributed by atoms with Gasteiger partial charge in [0.2, 0.25) is 0 Å². The Morgan fingerprint density at radius 2 is 1.59 bits per heavy atom. The minimum atomic E-state index is -0.137. The van der Waals surface area contributed by atoms with E-state index in [1.165, 1.54) is 0 Å². The normalized spacial score (nSPS) is 15.3. The first kappa shape index (κ1) is 17.4. The summed E-state index contributed by atoms with van der Waals surface area (Å²) in [4.78, 5) is 19.6. The number of aryl methyl sites for hydroxylation is 1. The fourth-order valence-electron chi connectivity index (χ4n) is 3.02. The van der Waals surface area contributed by atoms with Crippen LogP contribution in [0.1, 0.15) is 16.7 Å². The van der Waals surface area contributed by atoms with Crippen molar-refractivity contribution in [2.75, 3.05) is 4.90 Å². The lowest BCUT2D eigenvalue weighted by atomic mass is 10.1. The van der Waals surface area contributed by atoms with Gasteiger partial charge < -0.3 is 0 Å². The molecule has 0 fully saturated rings. The zero-order chi connectivity index (χ0) is 18.8. The summed E-state index contributed by atoms with van der Waals surface area (Å²) < 4.78 is 0.862. The first-order valence-electron chi connectivity index (χ1n) is 8.65. The van der Waals surface area contributed by atoms with E-state index in [2.05, 4.69) is 20.9 Å².